The number of halogens is 1. The van der Waals surface area contributed by atoms with Crippen LogP contribution in [0.25, 0.3) is 10.2 Å². The van der Waals surface area contributed by atoms with Gasteiger partial charge in [0.15, 0.2) is 0 Å². The van der Waals surface area contributed by atoms with E-state index in [9.17, 15) is 4.79 Å². The second-order valence-electron chi connectivity index (χ2n) is 5.18. The lowest BCUT2D eigenvalue weighted by molar-refractivity contribution is 0.237. The first-order chi connectivity index (χ1) is 11.1. The van der Waals surface area contributed by atoms with Crippen molar-refractivity contribution in [3.8, 4) is 0 Å². The maximum atomic E-state index is 12.0. The van der Waals surface area contributed by atoms with Gasteiger partial charge in [-0.2, -0.15) is 0 Å². The summed E-state index contributed by atoms with van der Waals surface area (Å²) < 4.78 is 2.15. The van der Waals surface area contributed by atoms with Gasteiger partial charge in [-0.3, -0.25) is 0 Å². The molecule has 0 aliphatic heterocycles. The molecule has 2 N–H and O–H groups in total. The molecular weight excluding hydrogens is 374 g/mol. The molecule has 4 nitrogen and oxygen atoms in total. The first-order valence-corrected chi connectivity index (χ1v) is 8.87. The van der Waals surface area contributed by atoms with Gasteiger partial charge in [0.2, 0.25) is 0 Å². The van der Waals surface area contributed by atoms with Gasteiger partial charge in [0.05, 0.1) is 22.8 Å². The van der Waals surface area contributed by atoms with E-state index in [2.05, 4.69) is 31.5 Å². The van der Waals surface area contributed by atoms with Crippen LogP contribution < -0.4 is 10.6 Å². The maximum Gasteiger partial charge on any atom is 0.315 e. The molecule has 0 radical (unpaired) electrons. The molecule has 2 aromatic carbocycles. The number of carbonyl (C=O) groups excluding carboxylic acids is 1. The normalized spacial score (nSPS) is 12.1. The third-order valence-electron chi connectivity index (χ3n) is 3.46. The predicted molar refractivity (Wildman–Crippen MR) is 97.5 cm³/mol. The van der Waals surface area contributed by atoms with Crippen LogP contribution in [0.15, 0.2) is 53.0 Å². The van der Waals surface area contributed by atoms with Crippen LogP contribution in [0, 0.1) is 0 Å². The largest absolute Gasteiger partial charge is 0.332 e. The molecule has 0 saturated heterocycles. The highest BCUT2D eigenvalue weighted by atomic mass is 79.9. The Morgan fingerprint density at radius 2 is 1.96 bits per heavy atom. The number of urea groups is 1. The van der Waals surface area contributed by atoms with E-state index in [1.807, 2.05) is 55.5 Å². The Morgan fingerprint density at radius 3 is 2.70 bits per heavy atom. The van der Waals surface area contributed by atoms with Crippen LogP contribution in [0.3, 0.4) is 0 Å². The average Bonchev–Trinajstić information content (AvgIpc) is 2.96. The molecule has 23 heavy (non-hydrogen) atoms. The summed E-state index contributed by atoms with van der Waals surface area (Å²) in [5.74, 6) is 0. The monoisotopic (exact) mass is 389 g/mol. The number of hydrogen-bond acceptors (Lipinski definition) is 3. The molecule has 0 bridgehead atoms. The number of nitrogens with zero attached hydrogens (tertiary/aromatic N) is 1. The lowest BCUT2D eigenvalue weighted by Gasteiger charge is -2.14. The molecule has 0 aliphatic rings. The number of thiazole rings is 1. The molecule has 1 heterocycles. The molecule has 6 heteroatoms. The van der Waals surface area contributed by atoms with E-state index in [0.717, 1.165) is 25.3 Å². The Kier molecular flexibility index (Phi) is 4.93. The van der Waals surface area contributed by atoms with Crippen molar-refractivity contribution in [2.75, 3.05) is 0 Å². The van der Waals surface area contributed by atoms with E-state index in [-0.39, 0.29) is 12.1 Å². The van der Waals surface area contributed by atoms with Gasteiger partial charge in [-0.15, -0.1) is 11.3 Å². The minimum absolute atomic E-state index is 0.0570. The molecule has 1 unspecified atom stereocenters. The number of rotatable bonds is 4. The van der Waals surface area contributed by atoms with Gasteiger partial charge in [-0.25, -0.2) is 9.78 Å². The number of nitrogens with one attached hydrogen (secondary N) is 2. The van der Waals surface area contributed by atoms with Gasteiger partial charge in [0, 0.05) is 4.47 Å². The first kappa shape index (κ1) is 16.0. The standard InChI is InChI=1S/C17H16BrN3OS/c1-11(12-6-8-13(18)9-7-12)20-17(22)19-10-16-21-14-4-2-3-5-15(14)23-16/h2-9,11H,10H2,1H3,(H2,19,20,22). The summed E-state index contributed by atoms with van der Waals surface area (Å²) in [5, 5.41) is 6.69. The molecule has 1 atom stereocenters. The zero-order valence-electron chi connectivity index (χ0n) is 12.5. The Labute approximate surface area is 147 Å². The van der Waals surface area contributed by atoms with Crippen molar-refractivity contribution in [1.29, 1.82) is 0 Å². The highest BCUT2D eigenvalue weighted by molar-refractivity contribution is 9.10. The van der Waals surface area contributed by atoms with Crippen LogP contribution in [0.1, 0.15) is 23.5 Å². The predicted octanol–water partition coefficient (Wildman–Crippen LogP) is 4.62. The highest BCUT2D eigenvalue weighted by Crippen LogP contribution is 2.21. The summed E-state index contributed by atoms with van der Waals surface area (Å²) in [5.41, 5.74) is 2.03. The third kappa shape index (κ3) is 4.09. The zero-order valence-corrected chi connectivity index (χ0v) is 14.9. The van der Waals surface area contributed by atoms with Gasteiger partial charge in [-0.1, -0.05) is 40.2 Å². The summed E-state index contributed by atoms with van der Waals surface area (Å²) in [6.45, 7) is 2.39. The quantitative estimate of drug-likeness (QED) is 0.683. The second kappa shape index (κ2) is 7.10. The Morgan fingerprint density at radius 1 is 1.22 bits per heavy atom. The van der Waals surface area contributed by atoms with Crippen LogP contribution in [-0.4, -0.2) is 11.0 Å². The molecule has 2 amide bonds. The smallest absolute Gasteiger partial charge is 0.315 e. The summed E-state index contributed by atoms with van der Waals surface area (Å²) in [6.07, 6.45) is 0. The van der Waals surface area contributed by atoms with Crippen molar-refractivity contribution in [2.45, 2.75) is 19.5 Å². The van der Waals surface area contributed by atoms with E-state index in [4.69, 9.17) is 0 Å². The van der Waals surface area contributed by atoms with Crippen molar-refractivity contribution in [3.05, 3.63) is 63.6 Å². The lowest BCUT2D eigenvalue weighted by Crippen LogP contribution is -2.36. The van der Waals surface area contributed by atoms with Gasteiger partial charge >= 0.3 is 6.03 Å². The Hall–Kier alpha value is -1.92. The number of aromatic nitrogens is 1. The van der Waals surface area contributed by atoms with Crippen LogP contribution in [0.5, 0.6) is 0 Å². The van der Waals surface area contributed by atoms with Gasteiger partial charge in [0.1, 0.15) is 5.01 Å². The van der Waals surface area contributed by atoms with E-state index in [1.54, 1.807) is 11.3 Å². The number of para-hydroxylation sites is 1. The van der Waals surface area contributed by atoms with E-state index in [1.165, 1.54) is 0 Å². The number of amides is 2. The van der Waals surface area contributed by atoms with Crippen LogP contribution in [0.2, 0.25) is 0 Å². The van der Waals surface area contributed by atoms with Crippen molar-refractivity contribution in [1.82, 2.24) is 15.6 Å². The van der Waals surface area contributed by atoms with E-state index < -0.39 is 0 Å². The minimum atomic E-state index is -0.195. The molecule has 0 fully saturated rings. The average molecular weight is 390 g/mol. The van der Waals surface area contributed by atoms with E-state index in [0.29, 0.717) is 6.54 Å². The Bertz CT molecular complexity index is 783. The lowest BCUT2D eigenvalue weighted by atomic mass is 10.1. The third-order valence-corrected chi connectivity index (χ3v) is 5.02. The highest BCUT2D eigenvalue weighted by Gasteiger charge is 2.10. The second-order valence-corrected chi connectivity index (χ2v) is 7.21. The number of fused-ring (bicyclic) bond motifs is 1. The van der Waals surface area contributed by atoms with Crippen LogP contribution in [-0.2, 0) is 6.54 Å². The Balaban J connectivity index is 1.55. The fourth-order valence-corrected chi connectivity index (χ4v) is 3.41. The first-order valence-electron chi connectivity index (χ1n) is 7.26. The molecular formula is C17H16BrN3OS. The SMILES string of the molecule is CC(NC(=O)NCc1nc2ccccc2s1)c1ccc(Br)cc1. The fraction of sp³-hybridized carbons (Fsp3) is 0.176. The molecule has 0 saturated carbocycles. The minimum Gasteiger partial charge on any atom is -0.332 e. The number of carbonyl (C=O) groups is 1. The van der Waals surface area contributed by atoms with Crippen molar-refractivity contribution >= 4 is 43.5 Å². The summed E-state index contributed by atoms with van der Waals surface area (Å²) in [4.78, 5) is 16.5. The van der Waals surface area contributed by atoms with Crippen LogP contribution >= 0.6 is 27.3 Å². The van der Waals surface area contributed by atoms with Gasteiger partial charge in [0.25, 0.3) is 0 Å². The number of benzene rings is 2. The van der Waals surface area contributed by atoms with Crippen LogP contribution in [0.4, 0.5) is 4.79 Å². The van der Waals surface area contributed by atoms with Crippen molar-refractivity contribution in [3.63, 3.8) is 0 Å². The summed E-state index contributed by atoms with van der Waals surface area (Å²) in [6, 6.07) is 15.6. The number of hydrogen-bond donors (Lipinski definition) is 2. The molecule has 0 spiro atoms. The summed E-state index contributed by atoms with van der Waals surface area (Å²) in [7, 11) is 0. The van der Waals surface area contributed by atoms with Gasteiger partial charge in [-0.05, 0) is 36.8 Å². The van der Waals surface area contributed by atoms with E-state index >= 15 is 0 Å². The topological polar surface area (TPSA) is 54.0 Å². The van der Waals surface area contributed by atoms with Gasteiger partial charge < -0.3 is 10.6 Å². The molecule has 118 valence electrons. The zero-order chi connectivity index (χ0) is 16.2. The molecule has 3 aromatic rings. The van der Waals surface area contributed by atoms with Crippen molar-refractivity contribution in [2.24, 2.45) is 0 Å². The fourth-order valence-electron chi connectivity index (χ4n) is 2.23. The summed E-state index contributed by atoms with van der Waals surface area (Å²) >= 11 is 5.00. The molecule has 0 aliphatic carbocycles. The van der Waals surface area contributed by atoms with Crippen molar-refractivity contribution < 1.29 is 4.79 Å². The maximum absolute atomic E-state index is 12.0. The molecule has 3 rings (SSSR count). The molecule has 1 aromatic heterocycles.